The monoisotopic (exact) mass is 246 g/mol. The van der Waals surface area contributed by atoms with Crippen molar-refractivity contribution < 1.29 is 0 Å². The second-order valence-corrected chi connectivity index (χ2v) is 5.76. The number of hydrogen-bond acceptors (Lipinski definition) is 2. The van der Waals surface area contributed by atoms with Crippen LogP contribution in [0.1, 0.15) is 56.2 Å². The standard InChI is InChI=1S/C16H26N2/c1-3-13-5-4-6-15(11-13)16(18-17)14-9-7-12(2)8-10-14/h7-10,13,15-16,18H,3-6,11,17H2,1-2H3. The number of rotatable bonds is 4. The smallest absolute Gasteiger partial charge is 0.0488 e. The largest absolute Gasteiger partial charge is 0.271 e. The van der Waals surface area contributed by atoms with Gasteiger partial charge in [0.05, 0.1) is 0 Å². The van der Waals surface area contributed by atoms with Crippen molar-refractivity contribution in [3.63, 3.8) is 0 Å². The number of nitrogens with one attached hydrogen (secondary N) is 1. The van der Waals surface area contributed by atoms with Gasteiger partial charge in [-0.1, -0.05) is 56.0 Å². The summed E-state index contributed by atoms with van der Waals surface area (Å²) < 4.78 is 0. The number of hydrogen-bond donors (Lipinski definition) is 2. The van der Waals surface area contributed by atoms with Crippen molar-refractivity contribution in [2.75, 3.05) is 0 Å². The highest BCUT2D eigenvalue weighted by Gasteiger charge is 2.27. The SMILES string of the molecule is CCC1CCCC(C(NN)c2ccc(C)cc2)C1. The van der Waals surface area contributed by atoms with Crippen molar-refractivity contribution in [2.45, 2.75) is 52.0 Å². The molecule has 18 heavy (non-hydrogen) atoms. The summed E-state index contributed by atoms with van der Waals surface area (Å²) in [6.07, 6.45) is 6.69. The van der Waals surface area contributed by atoms with Crippen LogP contribution in [0, 0.1) is 18.8 Å². The van der Waals surface area contributed by atoms with Gasteiger partial charge in [-0.25, -0.2) is 0 Å². The second kappa shape index (κ2) is 6.35. The first-order chi connectivity index (χ1) is 8.74. The van der Waals surface area contributed by atoms with E-state index in [1.165, 1.54) is 43.2 Å². The van der Waals surface area contributed by atoms with Crippen LogP contribution in [-0.4, -0.2) is 0 Å². The quantitative estimate of drug-likeness (QED) is 0.628. The van der Waals surface area contributed by atoms with Gasteiger partial charge in [0, 0.05) is 6.04 Å². The van der Waals surface area contributed by atoms with Gasteiger partial charge in [0.2, 0.25) is 0 Å². The zero-order chi connectivity index (χ0) is 13.0. The maximum atomic E-state index is 5.81. The van der Waals surface area contributed by atoms with E-state index in [0.29, 0.717) is 12.0 Å². The van der Waals surface area contributed by atoms with Gasteiger partial charge in [0.15, 0.2) is 0 Å². The first-order valence-corrected chi connectivity index (χ1v) is 7.27. The Morgan fingerprint density at radius 1 is 1.28 bits per heavy atom. The van der Waals surface area contributed by atoms with Crippen LogP contribution in [0.5, 0.6) is 0 Å². The summed E-state index contributed by atoms with van der Waals surface area (Å²) in [4.78, 5) is 0. The molecule has 0 amide bonds. The lowest BCUT2D eigenvalue weighted by atomic mass is 9.75. The predicted octanol–water partition coefficient (Wildman–Crippen LogP) is 3.72. The number of benzene rings is 1. The molecule has 0 aliphatic heterocycles. The molecule has 2 nitrogen and oxygen atoms in total. The normalized spacial score (nSPS) is 25.9. The fraction of sp³-hybridized carbons (Fsp3) is 0.625. The minimum absolute atomic E-state index is 0.319. The molecule has 1 saturated carbocycles. The van der Waals surface area contributed by atoms with Crippen LogP contribution in [0.3, 0.4) is 0 Å². The third-order valence-corrected chi connectivity index (χ3v) is 4.49. The molecule has 1 fully saturated rings. The molecule has 100 valence electrons. The summed E-state index contributed by atoms with van der Waals surface area (Å²) in [6.45, 7) is 4.44. The summed E-state index contributed by atoms with van der Waals surface area (Å²) in [5, 5.41) is 0. The summed E-state index contributed by atoms with van der Waals surface area (Å²) in [5.74, 6) is 7.40. The molecule has 0 radical (unpaired) electrons. The average molecular weight is 246 g/mol. The molecule has 2 rings (SSSR count). The van der Waals surface area contributed by atoms with E-state index in [-0.39, 0.29) is 0 Å². The van der Waals surface area contributed by atoms with Crippen molar-refractivity contribution in [3.8, 4) is 0 Å². The fourth-order valence-electron chi connectivity index (χ4n) is 3.28. The summed E-state index contributed by atoms with van der Waals surface area (Å²) in [5.41, 5.74) is 5.70. The van der Waals surface area contributed by atoms with Crippen LogP contribution >= 0.6 is 0 Å². The van der Waals surface area contributed by atoms with E-state index in [0.717, 1.165) is 5.92 Å². The Labute approximate surface area is 111 Å². The number of hydrazine groups is 1. The second-order valence-electron chi connectivity index (χ2n) is 5.76. The lowest BCUT2D eigenvalue weighted by molar-refractivity contribution is 0.210. The van der Waals surface area contributed by atoms with E-state index in [4.69, 9.17) is 5.84 Å². The minimum Gasteiger partial charge on any atom is -0.271 e. The van der Waals surface area contributed by atoms with Crippen LogP contribution < -0.4 is 11.3 Å². The Kier molecular flexibility index (Phi) is 4.79. The molecule has 0 aromatic heterocycles. The molecule has 3 atom stereocenters. The van der Waals surface area contributed by atoms with Crippen molar-refractivity contribution in [1.29, 1.82) is 0 Å². The van der Waals surface area contributed by atoms with Crippen molar-refractivity contribution in [3.05, 3.63) is 35.4 Å². The summed E-state index contributed by atoms with van der Waals surface area (Å²) >= 11 is 0. The molecule has 1 aromatic carbocycles. The Bertz CT molecular complexity index is 358. The molecule has 1 aliphatic carbocycles. The molecule has 0 spiro atoms. The van der Waals surface area contributed by atoms with Crippen molar-refractivity contribution in [2.24, 2.45) is 17.7 Å². The van der Waals surface area contributed by atoms with E-state index < -0.39 is 0 Å². The van der Waals surface area contributed by atoms with Crippen LogP contribution in [-0.2, 0) is 0 Å². The van der Waals surface area contributed by atoms with E-state index in [2.05, 4.69) is 43.5 Å². The third-order valence-electron chi connectivity index (χ3n) is 4.49. The first kappa shape index (κ1) is 13.6. The summed E-state index contributed by atoms with van der Waals surface area (Å²) in [6, 6.07) is 9.12. The maximum Gasteiger partial charge on any atom is 0.0488 e. The molecular formula is C16H26N2. The lowest BCUT2D eigenvalue weighted by Crippen LogP contribution is -2.35. The van der Waals surface area contributed by atoms with Crippen LogP contribution in [0.2, 0.25) is 0 Å². The molecule has 0 saturated heterocycles. The molecule has 0 bridgehead atoms. The predicted molar refractivity (Wildman–Crippen MR) is 77.0 cm³/mol. The van der Waals surface area contributed by atoms with Crippen LogP contribution in [0.15, 0.2) is 24.3 Å². The van der Waals surface area contributed by atoms with E-state index in [1.807, 2.05) is 0 Å². The Morgan fingerprint density at radius 3 is 2.61 bits per heavy atom. The molecule has 2 heteroatoms. The zero-order valence-electron chi connectivity index (χ0n) is 11.7. The molecule has 0 heterocycles. The van der Waals surface area contributed by atoms with E-state index in [9.17, 15) is 0 Å². The van der Waals surface area contributed by atoms with Gasteiger partial charge in [0.25, 0.3) is 0 Å². The van der Waals surface area contributed by atoms with Gasteiger partial charge < -0.3 is 0 Å². The lowest BCUT2D eigenvalue weighted by Gasteiger charge is -2.34. The van der Waals surface area contributed by atoms with Gasteiger partial charge in [-0.05, 0) is 37.2 Å². The molecule has 3 N–H and O–H groups in total. The van der Waals surface area contributed by atoms with Gasteiger partial charge >= 0.3 is 0 Å². The van der Waals surface area contributed by atoms with Gasteiger partial charge in [-0.2, -0.15) is 0 Å². The Hall–Kier alpha value is -0.860. The number of nitrogens with two attached hydrogens (primary N) is 1. The zero-order valence-corrected chi connectivity index (χ0v) is 11.7. The van der Waals surface area contributed by atoms with Crippen molar-refractivity contribution >= 4 is 0 Å². The molecular weight excluding hydrogens is 220 g/mol. The molecule has 1 aliphatic rings. The van der Waals surface area contributed by atoms with E-state index in [1.54, 1.807) is 0 Å². The average Bonchev–Trinajstić information content (AvgIpc) is 2.42. The maximum absolute atomic E-state index is 5.81. The van der Waals surface area contributed by atoms with Gasteiger partial charge in [0.1, 0.15) is 0 Å². The Morgan fingerprint density at radius 2 is 2.00 bits per heavy atom. The minimum atomic E-state index is 0.319. The molecule has 3 unspecified atom stereocenters. The highest BCUT2D eigenvalue weighted by molar-refractivity contribution is 5.24. The van der Waals surface area contributed by atoms with Crippen LogP contribution in [0.4, 0.5) is 0 Å². The van der Waals surface area contributed by atoms with Crippen LogP contribution in [0.25, 0.3) is 0 Å². The topological polar surface area (TPSA) is 38.0 Å². The summed E-state index contributed by atoms with van der Waals surface area (Å²) in [7, 11) is 0. The first-order valence-electron chi connectivity index (χ1n) is 7.27. The van der Waals surface area contributed by atoms with Gasteiger partial charge in [-0.3, -0.25) is 11.3 Å². The highest BCUT2D eigenvalue weighted by Crippen LogP contribution is 2.38. The van der Waals surface area contributed by atoms with E-state index >= 15 is 0 Å². The number of aryl methyl sites for hydroxylation is 1. The third kappa shape index (κ3) is 3.12. The Balaban J connectivity index is 2.10. The molecule has 1 aromatic rings. The highest BCUT2D eigenvalue weighted by atomic mass is 15.2. The van der Waals surface area contributed by atoms with Gasteiger partial charge in [-0.15, -0.1) is 0 Å². The fourth-order valence-corrected chi connectivity index (χ4v) is 3.28. The van der Waals surface area contributed by atoms with Crippen molar-refractivity contribution in [1.82, 2.24) is 5.43 Å².